The van der Waals surface area contributed by atoms with E-state index in [2.05, 4.69) is 31.0 Å². The minimum absolute atomic E-state index is 0.0758. The van der Waals surface area contributed by atoms with E-state index in [-0.39, 0.29) is 6.03 Å². The molecule has 1 aliphatic heterocycles. The van der Waals surface area contributed by atoms with Crippen LogP contribution in [0.2, 0.25) is 0 Å². The maximum absolute atomic E-state index is 12.7. The van der Waals surface area contributed by atoms with Crippen LogP contribution in [0.4, 0.5) is 16.3 Å². The SMILES string of the molecule is COCCn1ccc2ccc(NC(=O)N3CCN(c4cccnn4)CC3)cc21. The van der Waals surface area contributed by atoms with Gasteiger partial charge in [-0.25, -0.2) is 4.79 Å². The second-order valence-corrected chi connectivity index (χ2v) is 6.76. The molecule has 0 spiro atoms. The van der Waals surface area contributed by atoms with Crippen LogP contribution in [0.15, 0.2) is 48.8 Å². The third-order valence-corrected chi connectivity index (χ3v) is 5.01. The monoisotopic (exact) mass is 380 g/mol. The Kier molecular flexibility index (Phi) is 5.38. The Balaban J connectivity index is 1.38. The van der Waals surface area contributed by atoms with Gasteiger partial charge in [0.1, 0.15) is 0 Å². The van der Waals surface area contributed by atoms with E-state index in [4.69, 9.17) is 4.74 Å². The summed E-state index contributed by atoms with van der Waals surface area (Å²) in [6, 6.07) is 11.8. The number of anilines is 2. The zero-order valence-electron chi connectivity index (χ0n) is 15.9. The third-order valence-electron chi connectivity index (χ3n) is 5.01. The van der Waals surface area contributed by atoms with Crippen molar-refractivity contribution in [1.82, 2.24) is 19.7 Å². The van der Waals surface area contributed by atoms with Crippen LogP contribution in [0, 0.1) is 0 Å². The van der Waals surface area contributed by atoms with Crippen molar-refractivity contribution in [1.29, 1.82) is 0 Å². The van der Waals surface area contributed by atoms with Crippen LogP contribution in [0.3, 0.4) is 0 Å². The van der Waals surface area contributed by atoms with Crippen molar-refractivity contribution in [3.05, 3.63) is 48.8 Å². The fraction of sp³-hybridized carbons (Fsp3) is 0.350. The molecule has 4 rings (SSSR count). The number of carbonyl (C=O) groups excluding carboxylic acids is 1. The van der Waals surface area contributed by atoms with Gasteiger partial charge in [-0.05, 0) is 35.7 Å². The third kappa shape index (κ3) is 3.91. The molecule has 0 unspecified atom stereocenters. The maximum Gasteiger partial charge on any atom is 0.321 e. The number of nitrogens with zero attached hydrogens (tertiary/aromatic N) is 5. The van der Waals surface area contributed by atoms with E-state index >= 15 is 0 Å². The Morgan fingerprint density at radius 3 is 2.79 bits per heavy atom. The van der Waals surface area contributed by atoms with Gasteiger partial charge in [-0.2, -0.15) is 5.10 Å². The molecule has 1 aromatic carbocycles. The number of aromatic nitrogens is 3. The summed E-state index contributed by atoms with van der Waals surface area (Å²) in [4.78, 5) is 16.7. The van der Waals surface area contributed by atoms with Crippen LogP contribution in [0.25, 0.3) is 10.9 Å². The summed E-state index contributed by atoms with van der Waals surface area (Å²) < 4.78 is 7.30. The fourth-order valence-electron chi connectivity index (χ4n) is 3.45. The standard InChI is InChI=1S/C20H24N6O2/c1-28-14-13-24-8-6-16-4-5-17(15-18(16)24)22-20(27)26-11-9-25(10-12-26)19-3-2-7-21-23-19/h2-8,15H,9-14H2,1H3,(H,22,27). The lowest BCUT2D eigenvalue weighted by Gasteiger charge is -2.35. The van der Waals surface area contributed by atoms with Gasteiger partial charge in [-0.1, -0.05) is 6.07 Å². The molecule has 1 fully saturated rings. The highest BCUT2D eigenvalue weighted by molar-refractivity contribution is 5.93. The second kappa shape index (κ2) is 8.26. The molecule has 2 aromatic heterocycles. The number of methoxy groups -OCH3 is 1. The normalized spacial score (nSPS) is 14.5. The van der Waals surface area contributed by atoms with Crippen LogP contribution in [0.1, 0.15) is 0 Å². The number of urea groups is 1. The quantitative estimate of drug-likeness (QED) is 0.736. The number of hydrogen-bond donors (Lipinski definition) is 1. The second-order valence-electron chi connectivity index (χ2n) is 6.76. The lowest BCUT2D eigenvalue weighted by Crippen LogP contribution is -2.50. The van der Waals surface area contributed by atoms with Gasteiger partial charge in [0.2, 0.25) is 0 Å². The molecule has 0 radical (unpaired) electrons. The van der Waals surface area contributed by atoms with E-state index in [1.807, 2.05) is 41.4 Å². The number of nitrogens with one attached hydrogen (secondary N) is 1. The molecule has 1 aliphatic rings. The molecule has 0 bridgehead atoms. The van der Waals surface area contributed by atoms with Crippen molar-refractivity contribution in [3.8, 4) is 0 Å². The number of hydrogen-bond acceptors (Lipinski definition) is 5. The summed E-state index contributed by atoms with van der Waals surface area (Å²) in [5, 5.41) is 12.2. The van der Waals surface area contributed by atoms with Crippen molar-refractivity contribution in [2.24, 2.45) is 0 Å². The van der Waals surface area contributed by atoms with Crippen LogP contribution >= 0.6 is 0 Å². The average molecular weight is 380 g/mol. The van der Waals surface area contributed by atoms with Crippen molar-refractivity contribution in [3.63, 3.8) is 0 Å². The smallest absolute Gasteiger partial charge is 0.321 e. The van der Waals surface area contributed by atoms with Crippen molar-refractivity contribution in [2.75, 3.05) is 50.1 Å². The zero-order chi connectivity index (χ0) is 19.3. The highest BCUT2D eigenvalue weighted by atomic mass is 16.5. The van der Waals surface area contributed by atoms with E-state index in [1.165, 1.54) is 0 Å². The molecule has 146 valence electrons. The van der Waals surface area contributed by atoms with Crippen molar-refractivity contribution >= 4 is 28.4 Å². The molecule has 1 saturated heterocycles. The molecule has 8 heteroatoms. The molecule has 28 heavy (non-hydrogen) atoms. The number of fused-ring (bicyclic) bond motifs is 1. The first-order chi connectivity index (χ1) is 13.7. The first-order valence-electron chi connectivity index (χ1n) is 9.41. The summed E-state index contributed by atoms with van der Waals surface area (Å²) in [7, 11) is 1.70. The minimum atomic E-state index is -0.0758. The summed E-state index contributed by atoms with van der Waals surface area (Å²) >= 11 is 0. The number of ether oxygens (including phenoxy) is 1. The fourth-order valence-corrected chi connectivity index (χ4v) is 3.45. The lowest BCUT2D eigenvalue weighted by molar-refractivity contribution is 0.188. The van der Waals surface area contributed by atoms with Gasteiger partial charge in [0.25, 0.3) is 0 Å². The number of amides is 2. The molecule has 0 aliphatic carbocycles. The molecular formula is C20H24N6O2. The summed E-state index contributed by atoms with van der Waals surface area (Å²) in [5.74, 6) is 0.852. The highest BCUT2D eigenvalue weighted by Crippen LogP contribution is 2.21. The molecular weight excluding hydrogens is 356 g/mol. The Morgan fingerprint density at radius 2 is 2.04 bits per heavy atom. The van der Waals surface area contributed by atoms with Gasteiger partial charge in [-0.15, -0.1) is 5.10 Å². The van der Waals surface area contributed by atoms with Crippen LogP contribution in [-0.4, -0.2) is 65.6 Å². The Hall–Kier alpha value is -3.13. The van der Waals surface area contributed by atoms with Gasteiger partial charge >= 0.3 is 6.03 Å². The van der Waals surface area contributed by atoms with E-state index in [0.717, 1.165) is 42.0 Å². The Morgan fingerprint density at radius 1 is 1.18 bits per heavy atom. The van der Waals surface area contributed by atoms with Gasteiger partial charge in [0, 0.05) is 57.9 Å². The number of piperazine rings is 1. The average Bonchev–Trinajstić information content (AvgIpc) is 3.15. The van der Waals surface area contributed by atoms with Gasteiger partial charge in [-0.3, -0.25) is 0 Å². The van der Waals surface area contributed by atoms with Gasteiger partial charge in [0.05, 0.1) is 12.1 Å². The predicted octanol–water partition coefficient (Wildman–Crippen LogP) is 2.43. The van der Waals surface area contributed by atoms with E-state index in [1.54, 1.807) is 13.3 Å². The van der Waals surface area contributed by atoms with E-state index < -0.39 is 0 Å². The van der Waals surface area contributed by atoms with Crippen LogP contribution in [-0.2, 0) is 11.3 Å². The predicted molar refractivity (Wildman–Crippen MR) is 109 cm³/mol. The largest absolute Gasteiger partial charge is 0.383 e. The van der Waals surface area contributed by atoms with Crippen LogP contribution < -0.4 is 10.2 Å². The first-order valence-corrected chi connectivity index (χ1v) is 9.41. The minimum Gasteiger partial charge on any atom is -0.383 e. The molecule has 0 saturated carbocycles. The molecule has 3 heterocycles. The van der Waals surface area contributed by atoms with Gasteiger partial charge in [0.15, 0.2) is 5.82 Å². The zero-order valence-corrected chi connectivity index (χ0v) is 15.9. The molecule has 0 atom stereocenters. The van der Waals surface area contributed by atoms with E-state index in [9.17, 15) is 4.79 Å². The molecule has 3 aromatic rings. The Bertz CT molecular complexity index is 934. The Labute approximate surface area is 163 Å². The lowest BCUT2D eigenvalue weighted by atomic mass is 10.2. The molecule has 2 amide bonds. The van der Waals surface area contributed by atoms with Gasteiger partial charge < -0.3 is 24.4 Å². The maximum atomic E-state index is 12.7. The van der Waals surface area contributed by atoms with Crippen LogP contribution in [0.5, 0.6) is 0 Å². The number of carbonyl (C=O) groups is 1. The summed E-state index contributed by atoms with van der Waals surface area (Å²) in [5.41, 5.74) is 1.88. The highest BCUT2D eigenvalue weighted by Gasteiger charge is 2.22. The topological polar surface area (TPSA) is 75.5 Å². The number of benzene rings is 1. The molecule has 1 N–H and O–H groups in total. The summed E-state index contributed by atoms with van der Waals surface area (Å²) in [6.07, 6.45) is 3.71. The number of rotatable bonds is 5. The van der Waals surface area contributed by atoms with Crippen molar-refractivity contribution in [2.45, 2.75) is 6.54 Å². The molecule has 8 nitrogen and oxygen atoms in total. The van der Waals surface area contributed by atoms with Crippen molar-refractivity contribution < 1.29 is 9.53 Å². The first kappa shape index (κ1) is 18.2. The van der Waals surface area contributed by atoms with E-state index in [0.29, 0.717) is 19.7 Å². The summed E-state index contributed by atoms with van der Waals surface area (Å²) in [6.45, 7) is 4.21.